The minimum Gasteiger partial charge on any atom is -0.346 e. The standard InChI is InChI=1S/C19H21N3O/c1-13(2)22-18-10-5-4-9-16(18)17(21-22)12-20-19(23)15-8-6-7-14(3)11-15/h4-11,13H,12H2,1-3H3,(H,20,23). The molecule has 0 aliphatic rings. The average molecular weight is 307 g/mol. The second kappa shape index (κ2) is 6.24. The van der Waals surface area contributed by atoms with Gasteiger partial charge in [-0.1, -0.05) is 35.9 Å². The second-order valence-electron chi connectivity index (χ2n) is 6.05. The zero-order valence-corrected chi connectivity index (χ0v) is 13.7. The number of nitrogens with one attached hydrogen (secondary N) is 1. The molecule has 4 nitrogen and oxygen atoms in total. The van der Waals surface area contributed by atoms with Gasteiger partial charge in [0.2, 0.25) is 0 Å². The summed E-state index contributed by atoms with van der Waals surface area (Å²) in [7, 11) is 0. The Bertz CT molecular complexity index is 849. The summed E-state index contributed by atoms with van der Waals surface area (Å²) in [4.78, 5) is 12.3. The molecule has 0 aliphatic carbocycles. The van der Waals surface area contributed by atoms with E-state index in [4.69, 9.17) is 0 Å². The number of rotatable bonds is 4. The maximum atomic E-state index is 12.3. The zero-order chi connectivity index (χ0) is 16.4. The molecule has 0 radical (unpaired) electrons. The number of benzene rings is 2. The Morgan fingerprint density at radius 2 is 1.96 bits per heavy atom. The highest BCUT2D eigenvalue weighted by atomic mass is 16.1. The summed E-state index contributed by atoms with van der Waals surface area (Å²) in [6.45, 7) is 6.62. The highest BCUT2D eigenvalue weighted by Crippen LogP contribution is 2.21. The second-order valence-corrected chi connectivity index (χ2v) is 6.05. The van der Waals surface area contributed by atoms with Crippen LogP contribution >= 0.6 is 0 Å². The van der Waals surface area contributed by atoms with Crippen LogP contribution in [0.25, 0.3) is 10.9 Å². The van der Waals surface area contributed by atoms with E-state index in [9.17, 15) is 4.79 Å². The van der Waals surface area contributed by atoms with Gasteiger partial charge in [-0.3, -0.25) is 9.48 Å². The average Bonchev–Trinajstić information content (AvgIpc) is 2.92. The summed E-state index contributed by atoms with van der Waals surface area (Å²) in [5.74, 6) is -0.0723. The summed E-state index contributed by atoms with van der Waals surface area (Å²) in [5.41, 5.74) is 3.75. The number of hydrogen-bond acceptors (Lipinski definition) is 2. The van der Waals surface area contributed by atoms with E-state index in [0.29, 0.717) is 12.1 Å². The molecule has 1 N–H and O–H groups in total. The lowest BCUT2D eigenvalue weighted by Crippen LogP contribution is -2.23. The van der Waals surface area contributed by atoms with Crippen molar-refractivity contribution in [2.45, 2.75) is 33.4 Å². The van der Waals surface area contributed by atoms with E-state index in [1.807, 2.05) is 48.0 Å². The van der Waals surface area contributed by atoms with Gasteiger partial charge >= 0.3 is 0 Å². The van der Waals surface area contributed by atoms with Crippen LogP contribution in [0.2, 0.25) is 0 Å². The fourth-order valence-electron chi connectivity index (χ4n) is 2.73. The molecule has 118 valence electrons. The largest absolute Gasteiger partial charge is 0.346 e. The van der Waals surface area contributed by atoms with Crippen LogP contribution < -0.4 is 5.32 Å². The molecule has 0 saturated heterocycles. The Balaban J connectivity index is 1.83. The Hall–Kier alpha value is -2.62. The molecule has 1 heterocycles. The van der Waals surface area contributed by atoms with Crippen LogP contribution in [0.15, 0.2) is 48.5 Å². The number of aryl methyl sites for hydroxylation is 1. The third-order valence-electron chi connectivity index (χ3n) is 3.88. The van der Waals surface area contributed by atoms with Gasteiger partial charge < -0.3 is 5.32 Å². The molecule has 1 aromatic heterocycles. The lowest BCUT2D eigenvalue weighted by Gasteiger charge is -2.06. The lowest BCUT2D eigenvalue weighted by molar-refractivity contribution is 0.0950. The Kier molecular flexibility index (Phi) is 4.15. The number of aromatic nitrogens is 2. The van der Waals surface area contributed by atoms with Gasteiger partial charge in [0.05, 0.1) is 17.8 Å². The molecule has 4 heteroatoms. The van der Waals surface area contributed by atoms with Crippen LogP contribution in [0.3, 0.4) is 0 Å². The number of amides is 1. The molecule has 0 atom stereocenters. The first-order valence-corrected chi connectivity index (χ1v) is 7.87. The molecule has 0 unspecified atom stereocenters. The minimum atomic E-state index is -0.0723. The van der Waals surface area contributed by atoms with Gasteiger partial charge in [0, 0.05) is 17.0 Å². The van der Waals surface area contributed by atoms with Crippen LogP contribution in [-0.4, -0.2) is 15.7 Å². The van der Waals surface area contributed by atoms with E-state index < -0.39 is 0 Å². The summed E-state index contributed by atoms with van der Waals surface area (Å²) >= 11 is 0. The van der Waals surface area contributed by atoms with Crippen LogP contribution in [0.1, 0.15) is 41.5 Å². The third kappa shape index (κ3) is 3.11. The molecular weight excluding hydrogens is 286 g/mol. The van der Waals surface area contributed by atoms with Crippen molar-refractivity contribution in [1.82, 2.24) is 15.1 Å². The highest BCUT2D eigenvalue weighted by molar-refractivity contribution is 5.94. The highest BCUT2D eigenvalue weighted by Gasteiger charge is 2.13. The molecular formula is C19H21N3O. The molecule has 0 fully saturated rings. The predicted octanol–water partition coefficient (Wildman–Crippen LogP) is 3.86. The molecule has 23 heavy (non-hydrogen) atoms. The van der Waals surface area contributed by atoms with Gasteiger partial charge in [-0.05, 0) is 39.0 Å². The molecule has 0 bridgehead atoms. The first-order chi connectivity index (χ1) is 11.1. The summed E-state index contributed by atoms with van der Waals surface area (Å²) in [5, 5.41) is 8.73. The van der Waals surface area contributed by atoms with E-state index in [1.54, 1.807) is 0 Å². The molecule has 3 rings (SSSR count). The van der Waals surface area contributed by atoms with E-state index in [2.05, 4.69) is 36.4 Å². The summed E-state index contributed by atoms with van der Waals surface area (Å²) < 4.78 is 2.00. The summed E-state index contributed by atoms with van der Waals surface area (Å²) in [6.07, 6.45) is 0. The van der Waals surface area contributed by atoms with Gasteiger partial charge in [0.25, 0.3) is 5.91 Å². The van der Waals surface area contributed by atoms with Crippen molar-refractivity contribution in [3.63, 3.8) is 0 Å². The number of fused-ring (bicyclic) bond motifs is 1. The van der Waals surface area contributed by atoms with Crippen molar-refractivity contribution in [1.29, 1.82) is 0 Å². The van der Waals surface area contributed by atoms with Crippen LogP contribution in [-0.2, 0) is 6.54 Å². The maximum absolute atomic E-state index is 12.3. The smallest absolute Gasteiger partial charge is 0.251 e. The van der Waals surface area contributed by atoms with Crippen LogP contribution in [0.5, 0.6) is 0 Å². The molecule has 0 aliphatic heterocycles. The van der Waals surface area contributed by atoms with E-state index in [-0.39, 0.29) is 11.9 Å². The maximum Gasteiger partial charge on any atom is 0.251 e. The van der Waals surface area contributed by atoms with Crippen molar-refractivity contribution in [3.05, 3.63) is 65.4 Å². The fraction of sp³-hybridized carbons (Fsp3) is 0.263. The molecule has 0 spiro atoms. The van der Waals surface area contributed by atoms with Crippen LogP contribution in [0.4, 0.5) is 0 Å². The Morgan fingerprint density at radius 1 is 1.17 bits per heavy atom. The van der Waals surface area contributed by atoms with E-state index >= 15 is 0 Å². The predicted molar refractivity (Wildman–Crippen MR) is 92.5 cm³/mol. The Labute approximate surface area is 136 Å². The number of para-hydroxylation sites is 1. The van der Waals surface area contributed by atoms with Crippen molar-refractivity contribution in [3.8, 4) is 0 Å². The van der Waals surface area contributed by atoms with Crippen molar-refractivity contribution >= 4 is 16.8 Å². The van der Waals surface area contributed by atoms with Gasteiger partial charge in [-0.15, -0.1) is 0 Å². The first-order valence-electron chi connectivity index (χ1n) is 7.87. The number of nitrogens with zero attached hydrogens (tertiary/aromatic N) is 2. The molecule has 0 saturated carbocycles. The van der Waals surface area contributed by atoms with Gasteiger partial charge in [0.1, 0.15) is 0 Å². The Morgan fingerprint density at radius 3 is 2.70 bits per heavy atom. The normalized spacial score (nSPS) is 11.1. The SMILES string of the molecule is Cc1cccc(C(=O)NCc2nn(C(C)C)c3ccccc23)c1. The molecule has 3 aromatic rings. The molecule has 1 amide bonds. The lowest BCUT2D eigenvalue weighted by atomic mass is 10.1. The number of hydrogen-bond donors (Lipinski definition) is 1. The van der Waals surface area contributed by atoms with Gasteiger partial charge in [-0.2, -0.15) is 5.10 Å². The van der Waals surface area contributed by atoms with Crippen molar-refractivity contribution in [2.24, 2.45) is 0 Å². The van der Waals surface area contributed by atoms with Gasteiger partial charge in [0.15, 0.2) is 0 Å². The zero-order valence-electron chi connectivity index (χ0n) is 13.7. The van der Waals surface area contributed by atoms with Crippen molar-refractivity contribution in [2.75, 3.05) is 0 Å². The third-order valence-corrected chi connectivity index (χ3v) is 3.88. The number of carbonyl (C=O) groups is 1. The first kappa shape index (κ1) is 15.3. The quantitative estimate of drug-likeness (QED) is 0.795. The topological polar surface area (TPSA) is 46.9 Å². The monoisotopic (exact) mass is 307 g/mol. The van der Waals surface area contributed by atoms with Gasteiger partial charge in [-0.25, -0.2) is 0 Å². The number of carbonyl (C=O) groups excluding carboxylic acids is 1. The van der Waals surface area contributed by atoms with E-state index in [1.165, 1.54) is 0 Å². The minimum absolute atomic E-state index is 0.0723. The fourth-order valence-corrected chi connectivity index (χ4v) is 2.73. The van der Waals surface area contributed by atoms with Crippen LogP contribution in [0, 0.1) is 6.92 Å². The van der Waals surface area contributed by atoms with Crippen molar-refractivity contribution < 1.29 is 4.79 Å². The summed E-state index contributed by atoms with van der Waals surface area (Å²) in [6, 6.07) is 16.0. The van der Waals surface area contributed by atoms with E-state index in [0.717, 1.165) is 22.2 Å². The molecule has 2 aromatic carbocycles.